The number of hydrogen-bond donors (Lipinski definition) is 2. The molecule has 0 atom stereocenters. The number of nitrogens with zero attached hydrogens (tertiary/aromatic N) is 2. The third-order valence-corrected chi connectivity index (χ3v) is 5.08. The van der Waals surface area contributed by atoms with Crippen LogP contribution >= 0.6 is 0 Å². The molecule has 0 heterocycles. The summed E-state index contributed by atoms with van der Waals surface area (Å²) in [4.78, 5) is 0. The van der Waals surface area contributed by atoms with Gasteiger partial charge in [-0.3, -0.25) is 0 Å². The summed E-state index contributed by atoms with van der Waals surface area (Å²) in [5.74, 6) is 0. The first-order valence-corrected chi connectivity index (χ1v) is 7.89. The number of rotatable bonds is 10. The first kappa shape index (κ1) is 17.8. The van der Waals surface area contributed by atoms with Crippen molar-refractivity contribution in [2.24, 2.45) is 5.73 Å². The fourth-order valence-electron chi connectivity index (χ4n) is 1.89. The Morgan fingerprint density at radius 2 is 1.78 bits per heavy atom. The van der Waals surface area contributed by atoms with Crippen molar-refractivity contribution in [1.29, 1.82) is 0 Å². The lowest BCUT2D eigenvalue weighted by Gasteiger charge is -2.32. The summed E-state index contributed by atoms with van der Waals surface area (Å²) < 4.78 is 27.5. The summed E-state index contributed by atoms with van der Waals surface area (Å²) in [5.41, 5.74) is 5.39. The average Bonchev–Trinajstić information content (AvgIpc) is 2.36. The topological polar surface area (TPSA) is 86.9 Å². The molecule has 0 amide bonds. The summed E-state index contributed by atoms with van der Waals surface area (Å²) in [7, 11) is -1.95. The second kappa shape index (κ2) is 8.82. The Morgan fingerprint density at radius 1 is 1.22 bits per heavy atom. The molecule has 0 aliphatic carbocycles. The Balaban J connectivity index is 4.95. The van der Waals surface area contributed by atoms with Crippen molar-refractivity contribution in [1.82, 2.24) is 8.61 Å². The first-order valence-electron chi connectivity index (χ1n) is 6.49. The van der Waals surface area contributed by atoms with Gasteiger partial charge in [0.15, 0.2) is 0 Å². The summed E-state index contributed by atoms with van der Waals surface area (Å²) in [5, 5.41) is 9.05. The van der Waals surface area contributed by atoms with E-state index < -0.39 is 10.2 Å². The highest BCUT2D eigenvalue weighted by molar-refractivity contribution is 7.86. The van der Waals surface area contributed by atoms with Gasteiger partial charge >= 0.3 is 0 Å². The molecule has 18 heavy (non-hydrogen) atoms. The molecule has 7 heteroatoms. The van der Waals surface area contributed by atoms with E-state index in [0.29, 0.717) is 19.5 Å². The molecule has 110 valence electrons. The van der Waals surface area contributed by atoms with Gasteiger partial charge in [-0.25, -0.2) is 0 Å². The molecule has 0 saturated carbocycles. The number of nitrogens with two attached hydrogens (primary N) is 1. The lowest BCUT2D eigenvalue weighted by atomic mass is 10.2. The molecule has 0 fully saturated rings. The summed E-state index contributed by atoms with van der Waals surface area (Å²) >= 11 is 0. The van der Waals surface area contributed by atoms with Gasteiger partial charge in [-0.1, -0.05) is 13.8 Å². The highest BCUT2D eigenvalue weighted by Crippen LogP contribution is 2.16. The molecule has 0 aromatic heterocycles. The van der Waals surface area contributed by atoms with Crippen molar-refractivity contribution in [3.8, 4) is 0 Å². The third-order valence-electron chi connectivity index (χ3n) is 3.04. The van der Waals surface area contributed by atoms with Crippen LogP contribution in [0.2, 0.25) is 0 Å². The van der Waals surface area contributed by atoms with Gasteiger partial charge in [0, 0.05) is 26.2 Å². The molecular weight excluding hydrogens is 254 g/mol. The van der Waals surface area contributed by atoms with Crippen molar-refractivity contribution < 1.29 is 13.5 Å². The van der Waals surface area contributed by atoms with Crippen LogP contribution in [0.1, 0.15) is 33.1 Å². The van der Waals surface area contributed by atoms with Crippen molar-refractivity contribution >= 4 is 10.2 Å². The van der Waals surface area contributed by atoms with E-state index >= 15 is 0 Å². The van der Waals surface area contributed by atoms with Crippen LogP contribution in [0.25, 0.3) is 0 Å². The van der Waals surface area contributed by atoms with E-state index in [1.165, 1.54) is 8.61 Å². The van der Waals surface area contributed by atoms with Crippen molar-refractivity contribution in [2.75, 3.05) is 33.3 Å². The standard InChI is InChI=1S/C11H27N3O3S/c1-4-11(5-2)14(9-10-15)18(16,17)13(3)8-6-7-12/h11,15H,4-10,12H2,1-3H3. The predicted octanol–water partition coefficient (Wildman–Crippen LogP) is -0.00530. The monoisotopic (exact) mass is 281 g/mol. The van der Waals surface area contributed by atoms with Gasteiger partial charge in [-0.15, -0.1) is 0 Å². The lowest BCUT2D eigenvalue weighted by Crippen LogP contribution is -2.48. The van der Waals surface area contributed by atoms with Crippen LogP contribution < -0.4 is 5.73 Å². The van der Waals surface area contributed by atoms with Gasteiger partial charge in [0.2, 0.25) is 0 Å². The molecular formula is C11H27N3O3S. The normalized spacial score (nSPS) is 12.9. The Labute approximate surface area is 111 Å². The molecule has 0 unspecified atom stereocenters. The van der Waals surface area contributed by atoms with Crippen LogP contribution in [0, 0.1) is 0 Å². The zero-order chi connectivity index (χ0) is 14.2. The molecule has 0 aromatic rings. The van der Waals surface area contributed by atoms with E-state index in [1.54, 1.807) is 7.05 Å². The molecule has 0 rings (SSSR count). The smallest absolute Gasteiger partial charge is 0.282 e. The van der Waals surface area contributed by atoms with E-state index in [2.05, 4.69) is 0 Å². The van der Waals surface area contributed by atoms with Crippen LogP contribution in [0.5, 0.6) is 0 Å². The molecule has 0 spiro atoms. The maximum atomic E-state index is 12.4. The number of aliphatic hydroxyl groups is 1. The maximum Gasteiger partial charge on any atom is 0.282 e. The highest BCUT2D eigenvalue weighted by atomic mass is 32.2. The molecule has 0 aromatic carbocycles. The minimum atomic E-state index is -3.51. The van der Waals surface area contributed by atoms with Gasteiger partial charge in [-0.2, -0.15) is 17.0 Å². The Bertz CT molecular complexity index is 305. The van der Waals surface area contributed by atoms with Gasteiger partial charge in [0.1, 0.15) is 0 Å². The molecule has 3 N–H and O–H groups in total. The fraction of sp³-hybridized carbons (Fsp3) is 1.00. The van der Waals surface area contributed by atoms with Crippen molar-refractivity contribution in [3.05, 3.63) is 0 Å². The minimum absolute atomic E-state index is 0.0672. The molecule has 0 aliphatic rings. The van der Waals surface area contributed by atoms with E-state index in [4.69, 9.17) is 10.8 Å². The third kappa shape index (κ3) is 4.81. The van der Waals surface area contributed by atoms with E-state index in [0.717, 1.165) is 12.8 Å². The summed E-state index contributed by atoms with van der Waals surface area (Å²) in [6.45, 7) is 4.75. The highest BCUT2D eigenvalue weighted by Gasteiger charge is 2.30. The van der Waals surface area contributed by atoms with E-state index in [-0.39, 0.29) is 19.2 Å². The minimum Gasteiger partial charge on any atom is -0.395 e. The van der Waals surface area contributed by atoms with Gasteiger partial charge in [0.05, 0.1) is 6.61 Å². The van der Waals surface area contributed by atoms with E-state index in [1.807, 2.05) is 13.8 Å². The average molecular weight is 281 g/mol. The Morgan fingerprint density at radius 3 is 2.17 bits per heavy atom. The van der Waals surface area contributed by atoms with Crippen molar-refractivity contribution in [2.45, 2.75) is 39.2 Å². The number of aliphatic hydroxyl groups excluding tert-OH is 1. The quantitative estimate of drug-likeness (QED) is 0.590. The zero-order valence-corrected chi connectivity index (χ0v) is 12.5. The summed E-state index contributed by atoms with van der Waals surface area (Å²) in [6.07, 6.45) is 2.10. The first-order chi connectivity index (χ1) is 8.45. The lowest BCUT2D eigenvalue weighted by molar-refractivity contribution is 0.210. The Hall–Kier alpha value is -0.210. The summed E-state index contributed by atoms with van der Waals surface area (Å²) in [6, 6.07) is -0.0672. The fourth-order valence-corrected chi connectivity index (χ4v) is 3.59. The maximum absolute atomic E-state index is 12.4. The second-order valence-electron chi connectivity index (χ2n) is 4.28. The molecule has 0 radical (unpaired) electrons. The van der Waals surface area contributed by atoms with Gasteiger partial charge in [0.25, 0.3) is 10.2 Å². The SMILES string of the molecule is CCC(CC)N(CCO)S(=O)(=O)N(C)CCCN. The van der Waals surface area contributed by atoms with Gasteiger partial charge in [-0.05, 0) is 25.8 Å². The van der Waals surface area contributed by atoms with Crippen LogP contribution in [0.3, 0.4) is 0 Å². The van der Waals surface area contributed by atoms with Crippen LogP contribution in [0.15, 0.2) is 0 Å². The largest absolute Gasteiger partial charge is 0.395 e. The van der Waals surface area contributed by atoms with Crippen LogP contribution in [0.4, 0.5) is 0 Å². The Kier molecular flexibility index (Phi) is 8.71. The van der Waals surface area contributed by atoms with Crippen LogP contribution in [-0.2, 0) is 10.2 Å². The van der Waals surface area contributed by atoms with Crippen LogP contribution in [-0.4, -0.2) is 61.5 Å². The molecule has 6 nitrogen and oxygen atoms in total. The molecule has 0 bridgehead atoms. The molecule has 0 saturated heterocycles. The zero-order valence-electron chi connectivity index (χ0n) is 11.7. The second-order valence-corrected chi connectivity index (χ2v) is 6.26. The predicted molar refractivity (Wildman–Crippen MR) is 73.4 cm³/mol. The molecule has 0 aliphatic heterocycles. The van der Waals surface area contributed by atoms with E-state index in [9.17, 15) is 8.42 Å². The van der Waals surface area contributed by atoms with Crippen molar-refractivity contribution in [3.63, 3.8) is 0 Å². The number of hydrogen-bond acceptors (Lipinski definition) is 4. The van der Waals surface area contributed by atoms with Gasteiger partial charge < -0.3 is 10.8 Å².